The fourth-order valence-electron chi connectivity index (χ4n) is 3.72. The van der Waals surface area contributed by atoms with Gasteiger partial charge in [0.25, 0.3) is 5.91 Å². The number of amides is 1. The molecule has 2 heterocycles. The molecule has 1 atom stereocenters. The maximum Gasteiger partial charge on any atom is 0.257 e. The van der Waals surface area contributed by atoms with Gasteiger partial charge in [-0.3, -0.25) is 9.48 Å². The summed E-state index contributed by atoms with van der Waals surface area (Å²) in [6.45, 7) is 2.13. The molecule has 1 saturated heterocycles. The van der Waals surface area contributed by atoms with Gasteiger partial charge < -0.3 is 15.0 Å². The van der Waals surface area contributed by atoms with Crippen LogP contribution >= 0.6 is 0 Å². The number of nitrogens with one attached hydrogen (secondary N) is 1. The first-order valence-electron chi connectivity index (χ1n) is 9.97. The Kier molecular flexibility index (Phi) is 5.79. The first kappa shape index (κ1) is 19.1. The molecule has 29 heavy (non-hydrogen) atoms. The number of methoxy groups -OCH3 is 1. The Morgan fingerprint density at radius 1 is 1.17 bits per heavy atom. The molecule has 1 fully saturated rings. The van der Waals surface area contributed by atoms with E-state index in [0.717, 1.165) is 36.4 Å². The second-order valence-electron chi connectivity index (χ2n) is 7.38. The summed E-state index contributed by atoms with van der Waals surface area (Å²) in [5, 5.41) is 7.91. The van der Waals surface area contributed by atoms with Crippen molar-refractivity contribution in [3.8, 4) is 5.75 Å². The molecule has 1 aliphatic rings. The van der Waals surface area contributed by atoms with Crippen molar-refractivity contribution in [2.24, 2.45) is 0 Å². The number of piperidine rings is 1. The zero-order chi connectivity index (χ0) is 20.1. The zero-order valence-corrected chi connectivity index (χ0v) is 16.6. The summed E-state index contributed by atoms with van der Waals surface area (Å²) >= 11 is 0. The molecule has 2 aromatic carbocycles. The molecule has 0 spiro atoms. The number of ether oxygens (including phenoxy) is 1. The van der Waals surface area contributed by atoms with Crippen LogP contribution in [0.4, 0.5) is 5.69 Å². The van der Waals surface area contributed by atoms with Crippen LogP contribution in [0.1, 0.15) is 28.8 Å². The molecule has 1 unspecified atom stereocenters. The van der Waals surface area contributed by atoms with E-state index in [1.54, 1.807) is 13.3 Å². The van der Waals surface area contributed by atoms with Crippen LogP contribution in [-0.2, 0) is 6.54 Å². The highest BCUT2D eigenvalue weighted by molar-refractivity contribution is 5.93. The Bertz CT molecular complexity index is 937. The average molecular weight is 390 g/mol. The molecule has 1 N–H and O–H groups in total. The molecule has 0 radical (unpaired) electrons. The summed E-state index contributed by atoms with van der Waals surface area (Å²) < 4.78 is 7.03. The van der Waals surface area contributed by atoms with E-state index in [2.05, 4.69) is 22.5 Å². The highest BCUT2D eigenvalue weighted by Crippen LogP contribution is 2.20. The quantitative estimate of drug-likeness (QED) is 0.698. The number of hydrogen-bond donors (Lipinski definition) is 1. The summed E-state index contributed by atoms with van der Waals surface area (Å²) in [7, 11) is 1.66. The molecule has 0 saturated carbocycles. The molecule has 6 heteroatoms. The normalized spacial score (nSPS) is 16.4. The molecular weight excluding hydrogens is 364 g/mol. The Morgan fingerprint density at radius 2 is 1.97 bits per heavy atom. The van der Waals surface area contributed by atoms with E-state index in [-0.39, 0.29) is 11.9 Å². The summed E-state index contributed by atoms with van der Waals surface area (Å²) in [5.74, 6) is 0.883. The number of carbonyl (C=O) groups excluding carboxylic acids is 1. The highest BCUT2D eigenvalue weighted by atomic mass is 16.5. The molecule has 3 aromatic rings. The van der Waals surface area contributed by atoms with Crippen LogP contribution in [0.25, 0.3) is 0 Å². The zero-order valence-electron chi connectivity index (χ0n) is 16.6. The Labute approximate surface area is 171 Å². The van der Waals surface area contributed by atoms with E-state index in [9.17, 15) is 4.79 Å². The standard InChI is InChI=1S/C23H26N4O2/c1-29-22-11-9-20(10-12-22)25-21-8-5-13-26(17-21)23(28)19-14-24-27(16-19)15-18-6-3-2-4-7-18/h2-4,6-7,9-12,14,16,21,25H,5,8,13,15,17H2,1H3. The lowest BCUT2D eigenvalue weighted by Gasteiger charge is -2.33. The molecule has 150 valence electrons. The lowest BCUT2D eigenvalue weighted by atomic mass is 10.0. The number of rotatable bonds is 6. The summed E-state index contributed by atoms with van der Waals surface area (Å²) in [5.41, 5.74) is 2.85. The van der Waals surface area contributed by atoms with Gasteiger partial charge in [0.2, 0.25) is 0 Å². The van der Waals surface area contributed by atoms with Crippen LogP contribution in [-0.4, -0.2) is 46.8 Å². The van der Waals surface area contributed by atoms with Crippen molar-refractivity contribution in [3.63, 3.8) is 0 Å². The van der Waals surface area contributed by atoms with Crippen molar-refractivity contribution in [3.05, 3.63) is 78.1 Å². The van der Waals surface area contributed by atoms with Crippen molar-refractivity contribution in [2.75, 3.05) is 25.5 Å². The van der Waals surface area contributed by atoms with Gasteiger partial charge >= 0.3 is 0 Å². The van der Waals surface area contributed by atoms with Crippen molar-refractivity contribution in [1.82, 2.24) is 14.7 Å². The van der Waals surface area contributed by atoms with Crippen molar-refractivity contribution in [1.29, 1.82) is 0 Å². The lowest BCUT2D eigenvalue weighted by Crippen LogP contribution is -2.45. The van der Waals surface area contributed by atoms with Gasteiger partial charge in [-0.25, -0.2) is 0 Å². The van der Waals surface area contributed by atoms with Crippen LogP contribution in [0.15, 0.2) is 67.0 Å². The predicted octanol–water partition coefficient (Wildman–Crippen LogP) is 3.66. The first-order valence-corrected chi connectivity index (χ1v) is 9.97. The second-order valence-corrected chi connectivity index (χ2v) is 7.38. The maximum atomic E-state index is 13.0. The number of benzene rings is 2. The number of carbonyl (C=O) groups is 1. The second kappa shape index (κ2) is 8.82. The SMILES string of the molecule is COc1ccc(NC2CCCN(C(=O)c3cnn(Cc4ccccc4)c3)C2)cc1. The number of anilines is 1. The van der Waals surface area contributed by atoms with Crippen LogP contribution in [0, 0.1) is 0 Å². The topological polar surface area (TPSA) is 59.4 Å². The molecule has 0 bridgehead atoms. The van der Waals surface area contributed by atoms with Gasteiger partial charge in [-0.1, -0.05) is 30.3 Å². The minimum Gasteiger partial charge on any atom is -0.497 e. The molecule has 4 rings (SSSR count). The van der Waals surface area contributed by atoms with Crippen LogP contribution in [0.3, 0.4) is 0 Å². The van der Waals surface area contributed by atoms with Gasteiger partial charge in [-0.2, -0.15) is 5.10 Å². The number of nitrogens with zero attached hydrogens (tertiary/aromatic N) is 3. The maximum absolute atomic E-state index is 13.0. The fourth-order valence-corrected chi connectivity index (χ4v) is 3.72. The van der Waals surface area contributed by atoms with Gasteiger partial charge in [0.1, 0.15) is 5.75 Å². The van der Waals surface area contributed by atoms with Crippen molar-refractivity contribution in [2.45, 2.75) is 25.4 Å². The molecule has 1 aromatic heterocycles. The molecule has 6 nitrogen and oxygen atoms in total. The van der Waals surface area contributed by atoms with Crippen LogP contribution in [0.2, 0.25) is 0 Å². The first-order chi connectivity index (χ1) is 14.2. The highest BCUT2D eigenvalue weighted by Gasteiger charge is 2.25. The fraction of sp³-hybridized carbons (Fsp3) is 0.304. The minimum atomic E-state index is 0.0468. The number of hydrogen-bond acceptors (Lipinski definition) is 4. The lowest BCUT2D eigenvalue weighted by molar-refractivity contribution is 0.0714. The average Bonchev–Trinajstić information content (AvgIpc) is 3.23. The third-order valence-electron chi connectivity index (χ3n) is 5.24. The van der Waals surface area contributed by atoms with E-state index in [1.807, 2.05) is 58.2 Å². The third-order valence-corrected chi connectivity index (χ3v) is 5.24. The van der Waals surface area contributed by atoms with E-state index >= 15 is 0 Å². The van der Waals surface area contributed by atoms with Gasteiger partial charge in [0, 0.05) is 31.0 Å². The number of likely N-dealkylation sites (tertiary alicyclic amines) is 1. The third kappa shape index (κ3) is 4.77. The van der Waals surface area contributed by atoms with Crippen LogP contribution in [0.5, 0.6) is 5.75 Å². The minimum absolute atomic E-state index is 0.0468. The van der Waals surface area contributed by atoms with E-state index < -0.39 is 0 Å². The van der Waals surface area contributed by atoms with Gasteiger partial charge in [0.05, 0.1) is 25.4 Å². The van der Waals surface area contributed by atoms with Crippen molar-refractivity contribution < 1.29 is 9.53 Å². The molecule has 1 aliphatic heterocycles. The van der Waals surface area contributed by atoms with E-state index in [1.165, 1.54) is 0 Å². The van der Waals surface area contributed by atoms with Crippen LogP contribution < -0.4 is 10.1 Å². The predicted molar refractivity (Wildman–Crippen MR) is 113 cm³/mol. The Hall–Kier alpha value is -3.28. The monoisotopic (exact) mass is 390 g/mol. The summed E-state index contributed by atoms with van der Waals surface area (Å²) in [6, 6.07) is 18.3. The Balaban J connectivity index is 1.37. The molecule has 0 aliphatic carbocycles. The largest absolute Gasteiger partial charge is 0.497 e. The van der Waals surface area contributed by atoms with Gasteiger partial charge in [-0.15, -0.1) is 0 Å². The molecule has 1 amide bonds. The smallest absolute Gasteiger partial charge is 0.257 e. The van der Waals surface area contributed by atoms with E-state index in [4.69, 9.17) is 4.74 Å². The molecular formula is C23H26N4O2. The number of aromatic nitrogens is 2. The summed E-state index contributed by atoms with van der Waals surface area (Å²) in [6.07, 6.45) is 5.54. The van der Waals surface area contributed by atoms with Gasteiger partial charge in [-0.05, 0) is 42.7 Å². The van der Waals surface area contributed by atoms with Gasteiger partial charge in [0.15, 0.2) is 0 Å². The van der Waals surface area contributed by atoms with Crippen molar-refractivity contribution >= 4 is 11.6 Å². The summed E-state index contributed by atoms with van der Waals surface area (Å²) in [4.78, 5) is 14.9. The Morgan fingerprint density at radius 3 is 2.72 bits per heavy atom. The van der Waals surface area contributed by atoms with E-state index in [0.29, 0.717) is 18.7 Å².